The highest BCUT2D eigenvalue weighted by molar-refractivity contribution is 5.96. The number of hydrogen-bond acceptors (Lipinski definition) is 6. The third-order valence-electron chi connectivity index (χ3n) is 5.35. The molecule has 0 fully saturated rings. The molecule has 0 saturated carbocycles. The number of ether oxygens (including phenoxy) is 2. The maximum Gasteiger partial charge on any atom is 0.315 e. The van der Waals surface area contributed by atoms with Crippen LogP contribution in [0.3, 0.4) is 0 Å². The lowest BCUT2D eigenvalue weighted by atomic mass is 9.94. The van der Waals surface area contributed by atoms with Crippen molar-refractivity contribution in [1.82, 2.24) is 4.98 Å². The van der Waals surface area contributed by atoms with E-state index in [2.05, 4.69) is 10.3 Å². The topological polar surface area (TPSA) is 94.6 Å². The Morgan fingerprint density at radius 1 is 1.16 bits per heavy atom. The van der Waals surface area contributed by atoms with E-state index in [1.165, 1.54) is 7.11 Å². The van der Waals surface area contributed by atoms with Gasteiger partial charge in [-0.1, -0.05) is 25.0 Å². The Labute approximate surface area is 182 Å². The number of hydrogen-bond donors (Lipinski definition) is 1. The molecule has 2 bridgehead atoms. The minimum atomic E-state index is -0.439. The van der Waals surface area contributed by atoms with E-state index >= 15 is 0 Å². The van der Waals surface area contributed by atoms with Gasteiger partial charge >= 0.3 is 11.9 Å². The molecular formula is C24H28N2O5. The van der Waals surface area contributed by atoms with Crippen molar-refractivity contribution in [2.24, 2.45) is 0 Å². The molecule has 31 heavy (non-hydrogen) atoms. The lowest BCUT2D eigenvalue weighted by Gasteiger charge is -2.17. The van der Waals surface area contributed by atoms with E-state index in [0.29, 0.717) is 30.8 Å². The van der Waals surface area contributed by atoms with E-state index in [9.17, 15) is 14.4 Å². The molecule has 7 heteroatoms. The first-order chi connectivity index (χ1) is 15.0. The number of anilines is 1. The molecule has 1 atom stereocenters. The number of nitrogens with zero attached hydrogens (tertiary/aromatic N) is 1. The summed E-state index contributed by atoms with van der Waals surface area (Å²) < 4.78 is 10.0. The Kier molecular flexibility index (Phi) is 7.76. The van der Waals surface area contributed by atoms with Crippen molar-refractivity contribution < 1.29 is 23.9 Å². The van der Waals surface area contributed by atoms with Gasteiger partial charge in [0, 0.05) is 23.9 Å². The number of fused-ring (bicyclic) bond motifs is 4. The summed E-state index contributed by atoms with van der Waals surface area (Å²) in [5.41, 5.74) is 3.65. The van der Waals surface area contributed by atoms with Crippen LogP contribution in [0.4, 0.5) is 5.69 Å². The molecule has 0 spiro atoms. The quantitative estimate of drug-likeness (QED) is 0.745. The summed E-state index contributed by atoms with van der Waals surface area (Å²) in [5.74, 6) is -1.14. The van der Waals surface area contributed by atoms with Crippen LogP contribution in [-0.2, 0) is 30.3 Å². The molecule has 1 aliphatic heterocycles. The summed E-state index contributed by atoms with van der Waals surface area (Å²) in [7, 11) is 1.35. The third kappa shape index (κ3) is 5.90. The van der Waals surface area contributed by atoms with Crippen LogP contribution in [0.15, 0.2) is 36.5 Å². The Bertz CT molecular complexity index is 957. The summed E-state index contributed by atoms with van der Waals surface area (Å²) in [6.07, 6.45) is 5.17. The van der Waals surface area contributed by atoms with Gasteiger partial charge in [0.05, 0.1) is 31.7 Å². The second-order valence-corrected chi connectivity index (χ2v) is 7.55. The zero-order valence-electron chi connectivity index (χ0n) is 18.0. The summed E-state index contributed by atoms with van der Waals surface area (Å²) in [5, 5.41) is 2.99. The molecule has 1 amide bonds. The molecule has 0 aliphatic carbocycles. The van der Waals surface area contributed by atoms with Crippen LogP contribution in [-0.4, -0.2) is 36.5 Å². The van der Waals surface area contributed by atoms with Gasteiger partial charge in [-0.05, 0) is 49.1 Å². The average molecular weight is 424 g/mol. The van der Waals surface area contributed by atoms with Crippen molar-refractivity contribution in [3.05, 3.63) is 47.8 Å². The second-order valence-electron chi connectivity index (χ2n) is 7.55. The largest absolute Gasteiger partial charge is 0.469 e. The number of amides is 1. The third-order valence-corrected chi connectivity index (χ3v) is 5.35. The fraction of sp³-hybridized carbons (Fsp3) is 0.417. The zero-order valence-corrected chi connectivity index (χ0v) is 18.0. The standard InChI is InChI=1S/C24H28N2O5/c1-3-31-24(29)19-7-5-4-6-8-22(27)26-21-13-16(14-23(28)30-2)9-10-18(21)17-11-12-25-20(19)15-17/h9-13,15,19H,3-8,14H2,1-2H3,(H,26,27). The van der Waals surface area contributed by atoms with Crippen molar-refractivity contribution in [3.8, 4) is 11.1 Å². The Morgan fingerprint density at radius 2 is 2.00 bits per heavy atom. The molecular weight excluding hydrogens is 396 g/mol. The van der Waals surface area contributed by atoms with E-state index < -0.39 is 5.92 Å². The van der Waals surface area contributed by atoms with E-state index in [0.717, 1.165) is 36.0 Å². The van der Waals surface area contributed by atoms with Crippen LogP contribution in [0.2, 0.25) is 0 Å². The monoisotopic (exact) mass is 424 g/mol. The van der Waals surface area contributed by atoms with E-state index in [4.69, 9.17) is 9.47 Å². The molecule has 0 saturated heterocycles. The fourth-order valence-corrected chi connectivity index (χ4v) is 3.75. The van der Waals surface area contributed by atoms with Gasteiger partial charge in [0.1, 0.15) is 0 Å². The number of esters is 2. The Balaban J connectivity index is 2.04. The van der Waals surface area contributed by atoms with Crippen molar-refractivity contribution in [2.75, 3.05) is 19.0 Å². The number of benzene rings is 1. The van der Waals surface area contributed by atoms with Crippen LogP contribution in [0, 0.1) is 0 Å². The van der Waals surface area contributed by atoms with Gasteiger partial charge in [0.25, 0.3) is 0 Å². The zero-order chi connectivity index (χ0) is 22.2. The van der Waals surface area contributed by atoms with Crippen LogP contribution < -0.4 is 5.32 Å². The Morgan fingerprint density at radius 3 is 2.77 bits per heavy atom. The van der Waals surface area contributed by atoms with Crippen LogP contribution in [0.25, 0.3) is 11.1 Å². The molecule has 164 valence electrons. The summed E-state index contributed by atoms with van der Waals surface area (Å²) in [6.45, 7) is 2.11. The Hall–Kier alpha value is -3.22. The van der Waals surface area contributed by atoms with Gasteiger partial charge < -0.3 is 14.8 Å². The smallest absolute Gasteiger partial charge is 0.315 e. The van der Waals surface area contributed by atoms with Crippen molar-refractivity contribution >= 4 is 23.5 Å². The minimum Gasteiger partial charge on any atom is -0.469 e. The second kappa shape index (κ2) is 10.7. The van der Waals surface area contributed by atoms with Crippen molar-refractivity contribution in [2.45, 2.75) is 51.4 Å². The van der Waals surface area contributed by atoms with E-state index in [-0.39, 0.29) is 24.3 Å². The number of carbonyl (C=O) groups is 3. The lowest BCUT2D eigenvalue weighted by Crippen LogP contribution is -2.17. The molecule has 7 nitrogen and oxygen atoms in total. The van der Waals surface area contributed by atoms with Gasteiger partial charge in [-0.25, -0.2) is 0 Å². The maximum absolute atomic E-state index is 12.6. The molecule has 0 radical (unpaired) electrons. The molecule has 1 N–H and O–H groups in total. The first-order valence-corrected chi connectivity index (χ1v) is 10.6. The first-order valence-electron chi connectivity index (χ1n) is 10.6. The molecule has 1 unspecified atom stereocenters. The predicted octanol–water partition coefficient (Wildman–Crippen LogP) is 4.01. The first kappa shape index (κ1) is 22.5. The lowest BCUT2D eigenvalue weighted by molar-refractivity contribution is -0.145. The maximum atomic E-state index is 12.6. The molecule has 3 rings (SSSR count). The molecule has 2 heterocycles. The average Bonchev–Trinajstić information content (AvgIpc) is 2.76. The predicted molar refractivity (Wildman–Crippen MR) is 116 cm³/mol. The highest BCUT2D eigenvalue weighted by Gasteiger charge is 2.24. The minimum absolute atomic E-state index is 0.0769. The van der Waals surface area contributed by atoms with Gasteiger partial charge in [0.2, 0.25) is 5.91 Å². The normalized spacial score (nSPS) is 16.6. The number of aromatic nitrogens is 1. The van der Waals surface area contributed by atoms with Gasteiger partial charge in [-0.2, -0.15) is 0 Å². The van der Waals surface area contributed by atoms with Gasteiger partial charge in [0.15, 0.2) is 0 Å². The number of nitrogens with one attached hydrogen (secondary N) is 1. The summed E-state index contributed by atoms with van der Waals surface area (Å²) in [6, 6.07) is 9.22. The molecule has 1 aliphatic rings. The number of carbonyl (C=O) groups excluding carboxylic acids is 3. The van der Waals surface area contributed by atoms with Gasteiger partial charge in [-0.15, -0.1) is 0 Å². The summed E-state index contributed by atoms with van der Waals surface area (Å²) >= 11 is 0. The summed E-state index contributed by atoms with van der Waals surface area (Å²) in [4.78, 5) is 41.3. The molecule has 1 aromatic carbocycles. The van der Waals surface area contributed by atoms with E-state index in [1.54, 1.807) is 19.2 Å². The fourth-order valence-electron chi connectivity index (χ4n) is 3.75. The van der Waals surface area contributed by atoms with Gasteiger partial charge in [-0.3, -0.25) is 19.4 Å². The van der Waals surface area contributed by atoms with Crippen LogP contribution >= 0.6 is 0 Å². The van der Waals surface area contributed by atoms with Crippen molar-refractivity contribution in [3.63, 3.8) is 0 Å². The molecule has 1 aromatic heterocycles. The SMILES string of the molecule is CCOC(=O)C1CCCCCC(=O)Nc2cc(CC(=O)OC)ccc2-c2ccnc1c2. The van der Waals surface area contributed by atoms with Crippen LogP contribution in [0.5, 0.6) is 0 Å². The highest BCUT2D eigenvalue weighted by Crippen LogP contribution is 2.33. The molecule has 2 aromatic rings. The van der Waals surface area contributed by atoms with E-state index in [1.807, 2.05) is 24.3 Å². The number of rotatable bonds is 4. The highest BCUT2D eigenvalue weighted by atomic mass is 16.5. The number of pyridine rings is 1. The van der Waals surface area contributed by atoms with Crippen molar-refractivity contribution in [1.29, 1.82) is 0 Å². The number of methoxy groups -OCH3 is 1. The van der Waals surface area contributed by atoms with Crippen LogP contribution in [0.1, 0.15) is 56.2 Å².